The van der Waals surface area contributed by atoms with E-state index in [-0.39, 0.29) is 12.6 Å². The molecule has 0 aliphatic carbocycles. The van der Waals surface area contributed by atoms with Crippen molar-refractivity contribution < 1.29 is 14.6 Å². The Bertz CT molecular complexity index is 741. The highest BCUT2D eigenvalue weighted by Gasteiger charge is 2.22. The maximum Gasteiger partial charge on any atom is 0.144 e. The maximum absolute atomic E-state index is 9.83. The third-order valence-electron chi connectivity index (χ3n) is 4.86. The molecule has 1 saturated heterocycles. The largest absolute Gasteiger partial charge is 0.392 e. The Kier molecular flexibility index (Phi) is 6.02. The number of fused-ring (bicyclic) bond motifs is 1. The van der Waals surface area contributed by atoms with Crippen LogP contribution < -0.4 is 4.90 Å². The van der Waals surface area contributed by atoms with E-state index in [9.17, 15) is 5.11 Å². The van der Waals surface area contributed by atoms with Gasteiger partial charge in [-0.2, -0.15) is 0 Å². The van der Waals surface area contributed by atoms with E-state index in [4.69, 9.17) is 14.5 Å². The van der Waals surface area contributed by atoms with Crippen LogP contribution >= 0.6 is 0 Å². The molecule has 0 amide bonds. The van der Waals surface area contributed by atoms with Gasteiger partial charge < -0.3 is 24.0 Å². The number of hydrogen-bond acceptors (Lipinski definition) is 5. The lowest BCUT2D eigenvalue weighted by Crippen LogP contribution is -2.44. The van der Waals surface area contributed by atoms with Crippen LogP contribution in [0, 0.1) is 0 Å². The fourth-order valence-electron chi connectivity index (χ4n) is 3.20. The van der Waals surface area contributed by atoms with E-state index < -0.39 is 8.07 Å². The quantitative estimate of drug-likeness (QED) is 0.594. The minimum atomic E-state index is -1.09. The number of hydrogen-bond donors (Lipinski definition) is 1. The summed E-state index contributed by atoms with van der Waals surface area (Å²) in [6, 6.07) is 5.44. The van der Waals surface area contributed by atoms with E-state index >= 15 is 0 Å². The summed E-state index contributed by atoms with van der Waals surface area (Å²) in [5, 5.41) is 10.8. The molecule has 26 heavy (non-hydrogen) atoms. The van der Waals surface area contributed by atoms with Crippen LogP contribution in [0.15, 0.2) is 18.3 Å². The predicted octanol–water partition coefficient (Wildman–Crippen LogP) is 3.07. The summed E-state index contributed by atoms with van der Waals surface area (Å²) in [6.45, 7) is 12.7. The Balaban J connectivity index is 1.83. The standard InChI is InChI=1S/C19H31N3O3Si/c1-15-13-24-8-7-22(15)18-11-16(12-23)17-5-6-21(19(17)20-18)14-25-9-10-26(2,3)4/h5-6,11,15,23H,7-10,12-14H2,1-4H3. The zero-order valence-electron chi connectivity index (χ0n) is 16.4. The lowest BCUT2D eigenvalue weighted by molar-refractivity contribution is 0.0897. The first-order valence-corrected chi connectivity index (χ1v) is 13.1. The molecule has 1 N–H and O–H groups in total. The van der Waals surface area contributed by atoms with E-state index in [0.29, 0.717) is 19.9 Å². The molecule has 1 aliphatic rings. The molecule has 0 aromatic carbocycles. The number of aromatic nitrogens is 2. The SMILES string of the molecule is CC1COCCN1c1cc(CO)c2ccn(COCC[Si](C)(C)C)c2n1. The first-order valence-electron chi connectivity index (χ1n) is 9.41. The van der Waals surface area contributed by atoms with Crippen LogP contribution in [0.2, 0.25) is 25.7 Å². The number of aliphatic hydroxyl groups excluding tert-OH is 1. The van der Waals surface area contributed by atoms with Gasteiger partial charge in [-0.05, 0) is 30.7 Å². The number of ether oxygens (including phenoxy) is 2. The smallest absolute Gasteiger partial charge is 0.144 e. The minimum Gasteiger partial charge on any atom is -0.392 e. The monoisotopic (exact) mass is 377 g/mol. The molecule has 7 heteroatoms. The van der Waals surface area contributed by atoms with Crippen LogP contribution in [0.25, 0.3) is 11.0 Å². The Morgan fingerprint density at radius 2 is 2.19 bits per heavy atom. The predicted molar refractivity (Wildman–Crippen MR) is 107 cm³/mol. The average molecular weight is 378 g/mol. The van der Waals surface area contributed by atoms with Crippen molar-refractivity contribution in [2.75, 3.05) is 31.3 Å². The average Bonchev–Trinajstić information content (AvgIpc) is 3.00. The van der Waals surface area contributed by atoms with Gasteiger partial charge in [0, 0.05) is 32.8 Å². The minimum absolute atomic E-state index is 0.00519. The van der Waals surface area contributed by atoms with Crippen LogP contribution in [0.4, 0.5) is 5.82 Å². The summed E-state index contributed by atoms with van der Waals surface area (Å²) in [7, 11) is -1.09. The molecule has 6 nitrogen and oxygen atoms in total. The van der Waals surface area contributed by atoms with Crippen molar-refractivity contribution in [3.8, 4) is 0 Å². The molecular formula is C19H31N3O3Si. The van der Waals surface area contributed by atoms with Gasteiger partial charge in [-0.3, -0.25) is 0 Å². The van der Waals surface area contributed by atoms with E-state index in [2.05, 4.69) is 31.5 Å². The third kappa shape index (κ3) is 4.46. The van der Waals surface area contributed by atoms with Gasteiger partial charge in [0.05, 0.1) is 25.9 Å². The molecule has 0 spiro atoms. The molecule has 3 heterocycles. The molecule has 1 atom stereocenters. The van der Waals surface area contributed by atoms with Crippen molar-refractivity contribution in [1.29, 1.82) is 0 Å². The first kappa shape index (κ1) is 19.4. The molecule has 1 fully saturated rings. The van der Waals surface area contributed by atoms with Gasteiger partial charge in [0.1, 0.15) is 18.2 Å². The fraction of sp³-hybridized carbons (Fsp3) is 0.632. The highest BCUT2D eigenvalue weighted by molar-refractivity contribution is 6.76. The molecule has 2 aromatic heterocycles. The van der Waals surface area contributed by atoms with E-state index in [1.165, 1.54) is 0 Å². The van der Waals surface area contributed by atoms with Crippen molar-refractivity contribution in [3.63, 3.8) is 0 Å². The highest BCUT2D eigenvalue weighted by atomic mass is 28.3. The zero-order valence-corrected chi connectivity index (χ0v) is 17.4. The van der Waals surface area contributed by atoms with Crippen molar-refractivity contribution in [2.24, 2.45) is 0 Å². The molecular weight excluding hydrogens is 346 g/mol. The van der Waals surface area contributed by atoms with Crippen LogP contribution in [0.1, 0.15) is 12.5 Å². The van der Waals surface area contributed by atoms with Gasteiger partial charge >= 0.3 is 0 Å². The van der Waals surface area contributed by atoms with E-state index in [1.54, 1.807) is 0 Å². The Morgan fingerprint density at radius 3 is 2.88 bits per heavy atom. The van der Waals surface area contributed by atoms with Crippen molar-refractivity contribution in [2.45, 2.75) is 52.0 Å². The normalized spacial score (nSPS) is 18.7. The number of morpholine rings is 1. The van der Waals surface area contributed by atoms with Gasteiger partial charge in [-0.15, -0.1) is 0 Å². The number of aliphatic hydroxyl groups is 1. The molecule has 144 valence electrons. The third-order valence-corrected chi connectivity index (χ3v) is 6.57. The second-order valence-electron chi connectivity index (χ2n) is 8.29. The number of pyridine rings is 1. The zero-order chi connectivity index (χ0) is 18.7. The molecule has 0 radical (unpaired) electrons. The number of anilines is 1. The first-order chi connectivity index (χ1) is 12.4. The highest BCUT2D eigenvalue weighted by Crippen LogP contribution is 2.26. The molecule has 1 aliphatic heterocycles. The number of rotatable bonds is 7. The molecule has 0 bridgehead atoms. The van der Waals surface area contributed by atoms with Crippen molar-refractivity contribution >= 4 is 24.9 Å². The van der Waals surface area contributed by atoms with Gasteiger partial charge in [0.2, 0.25) is 0 Å². The summed E-state index contributed by atoms with van der Waals surface area (Å²) in [5.41, 5.74) is 1.78. The topological polar surface area (TPSA) is 59.8 Å². The second-order valence-corrected chi connectivity index (χ2v) is 13.9. The molecule has 0 saturated carbocycles. The van der Waals surface area contributed by atoms with Crippen molar-refractivity contribution in [1.82, 2.24) is 9.55 Å². The summed E-state index contributed by atoms with van der Waals surface area (Å²) in [4.78, 5) is 7.15. The van der Waals surface area contributed by atoms with Crippen LogP contribution in [0.3, 0.4) is 0 Å². The van der Waals surface area contributed by atoms with Crippen molar-refractivity contribution in [3.05, 3.63) is 23.9 Å². The summed E-state index contributed by atoms with van der Waals surface area (Å²) < 4.78 is 13.5. The van der Waals surface area contributed by atoms with Crippen LogP contribution in [0.5, 0.6) is 0 Å². The Morgan fingerprint density at radius 1 is 1.38 bits per heavy atom. The van der Waals surface area contributed by atoms with Gasteiger partial charge in [-0.1, -0.05) is 19.6 Å². The lowest BCUT2D eigenvalue weighted by Gasteiger charge is -2.34. The van der Waals surface area contributed by atoms with Crippen LogP contribution in [-0.4, -0.2) is 55.1 Å². The Labute approximate surface area is 156 Å². The maximum atomic E-state index is 9.83. The summed E-state index contributed by atoms with van der Waals surface area (Å²) >= 11 is 0. The van der Waals surface area contributed by atoms with E-state index in [1.807, 2.05) is 22.9 Å². The molecule has 3 rings (SSSR count). The van der Waals surface area contributed by atoms with Crippen LogP contribution in [-0.2, 0) is 22.8 Å². The summed E-state index contributed by atoms with van der Waals surface area (Å²) in [5.74, 6) is 0.902. The Hall–Kier alpha value is -1.41. The summed E-state index contributed by atoms with van der Waals surface area (Å²) in [6.07, 6.45) is 2.00. The van der Waals surface area contributed by atoms with E-state index in [0.717, 1.165) is 41.6 Å². The van der Waals surface area contributed by atoms with Gasteiger partial charge in [0.25, 0.3) is 0 Å². The second kappa shape index (κ2) is 8.08. The fourth-order valence-corrected chi connectivity index (χ4v) is 3.96. The lowest BCUT2D eigenvalue weighted by atomic mass is 10.1. The van der Waals surface area contributed by atoms with Gasteiger partial charge in [-0.25, -0.2) is 4.98 Å². The van der Waals surface area contributed by atoms with Gasteiger partial charge in [0.15, 0.2) is 0 Å². The molecule has 1 unspecified atom stereocenters. The number of nitrogens with zero attached hydrogens (tertiary/aromatic N) is 3. The molecule has 2 aromatic rings.